The molecule has 51 heavy (non-hydrogen) atoms. The fourth-order valence-corrected chi connectivity index (χ4v) is 11.4. The summed E-state index contributed by atoms with van der Waals surface area (Å²) in [6.45, 7) is 7.21. The quantitative estimate of drug-likeness (QED) is 0.194. The number of aliphatic hydroxyl groups excluding tert-OH is 1. The van der Waals surface area contributed by atoms with Gasteiger partial charge in [-0.05, 0) is 66.5 Å². The van der Waals surface area contributed by atoms with E-state index in [-0.39, 0.29) is 49.8 Å². The molecule has 268 valence electrons. The molecule has 0 aliphatic carbocycles. The van der Waals surface area contributed by atoms with E-state index in [2.05, 4.69) is 0 Å². The Kier molecular flexibility index (Phi) is 9.12. The molecule has 4 aliphatic rings. The van der Waals surface area contributed by atoms with Gasteiger partial charge < -0.3 is 29.2 Å². The molecular weight excluding hydrogens is 690 g/mol. The Balaban J connectivity index is 1.17. The van der Waals surface area contributed by atoms with Crippen molar-refractivity contribution in [2.24, 2.45) is 5.92 Å². The summed E-state index contributed by atoms with van der Waals surface area (Å²) < 4.78 is 12.1. The van der Waals surface area contributed by atoms with Gasteiger partial charge in [0.25, 0.3) is 5.91 Å². The molecule has 4 aliphatic heterocycles. The normalized spacial score (nSPS) is 27.0. The first-order valence-electron chi connectivity index (χ1n) is 17.3. The molecule has 4 heterocycles. The summed E-state index contributed by atoms with van der Waals surface area (Å²) in [5, 5.41) is 10.7. The van der Waals surface area contributed by atoms with Gasteiger partial charge in [0, 0.05) is 41.2 Å². The van der Waals surface area contributed by atoms with Gasteiger partial charge in [0.05, 0.1) is 43.8 Å². The predicted octanol–water partition coefficient (Wildman–Crippen LogP) is 4.65. The summed E-state index contributed by atoms with van der Waals surface area (Å²) in [5.41, 5.74) is 2.76. The van der Waals surface area contributed by atoms with Crippen molar-refractivity contribution in [3.05, 3.63) is 94.0 Å². The summed E-state index contributed by atoms with van der Waals surface area (Å²) >= 11 is 6.56. The maximum absolute atomic E-state index is 14.8. The molecule has 7 rings (SSSR count). The number of carbonyl (C=O) groups excluding carboxylic acids is 4. The topological polar surface area (TPSA) is 137 Å². The second-order valence-corrected chi connectivity index (χ2v) is 19.1. The zero-order valence-corrected chi connectivity index (χ0v) is 30.8. The minimum absolute atomic E-state index is 0.0549. The van der Waals surface area contributed by atoms with Gasteiger partial charge in [-0.2, -0.15) is 0 Å². The molecule has 1 unspecified atom stereocenters. The number of anilines is 2. The monoisotopic (exact) mass is 731 g/mol. The molecule has 6 atom stereocenters. The Bertz CT molecular complexity index is 1900. The lowest BCUT2D eigenvalue weighted by atomic mass is 9.82. The summed E-state index contributed by atoms with van der Waals surface area (Å²) in [5.74, 6) is -1.62. The second kappa shape index (κ2) is 13.2. The van der Waals surface area contributed by atoms with Crippen LogP contribution >= 0.6 is 11.6 Å². The van der Waals surface area contributed by atoms with Gasteiger partial charge in [0.2, 0.25) is 11.8 Å². The number of esters is 1. The summed E-state index contributed by atoms with van der Waals surface area (Å²) in [4.78, 5) is 69.3. The van der Waals surface area contributed by atoms with Crippen molar-refractivity contribution in [3.63, 3.8) is 0 Å². The highest BCUT2D eigenvalue weighted by Gasteiger charge is 2.66. The maximum Gasteiger partial charge on any atom is 0.304 e. The highest BCUT2D eigenvalue weighted by atomic mass is 35.5. The number of hydrogen-bond acceptors (Lipinski definition) is 8. The molecule has 13 heteroatoms. The van der Waals surface area contributed by atoms with Gasteiger partial charge in [-0.15, -0.1) is 0 Å². The highest BCUT2D eigenvalue weighted by molar-refractivity contribution is 6.71. The Hall–Kier alpha value is -4.07. The number of aliphatic hydroxyl groups is 1. The number of halogens is 1. The number of benzene rings is 3. The van der Waals surface area contributed by atoms with Crippen molar-refractivity contribution in [1.82, 2.24) is 4.90 Å². The largest absolute Gasteiger partial charge is 0.441 e. The second-order valence-electron chi connectivity index (χ2n) is 14.6. The Labute approximate surface area is 302 Å². The van der Waals surface area contributed by atoms with E-state index in [1.54, 1.807) is 40.1 Å². The van der Waals surface area contributed by atoms with Crippen LogP contribution in [0, 0.1) is 5.92 Å². The fourth-order valence-electron chi connectivity index (χ4n) is 8.67. The molecule has 3 aromatic rings. The van der Waals surface area contributed by atoms with Crippen LogP contribution in [0.3, 0.4) is 0 Å². The number of rotatable bonds is 8. The van der Waals surface area contributed by atoms with E-state index in [1.807, 2.05) is 56.4 Å². The van der Waals surface area contributed by atoms with Gasteiger partial charge in [-0.1, -0.05) is 54.9 Å². The number of amides is 3. The van der Waals surface area contributed by atoms with Crippen LogP contribution < -0.4 is 9.80 Å². The van der Waals surface area contributed by atoms with E-state index in [4.69, 9.17) is 21.1 Å². The van der Waals surface area contributed by atoms with Crippen LogP contribution in [0.25, 0.3) is 0 Å². The first-order valence-corrected chi connectivity index (χ1v) is 20.7. The van der Waals surface area contributed by atoms with Crippen molar-refractivity contribution in [2.45, 2.75) is 88.8 Å². The van der Waals surface area contributed by atoms with E-state index in [1.165, 1.54) is 11.8 Å². The molecule has 2 fully saturated rings. The summed E-state index contributed by atoms with van der Waals surface area (Å²) in [7, 11) is -3.05. The third-order valence-corrected chi connectivity index (χ3v) is 13.7. The van der Waals surface area contributed by atoms with E-state index in [9.17, 15) is 29.1 Å². The van der Waals surface area contributed by atoms with Crippen molar-refractivity contribution >= 4 is 55.0 Å². The van der Waals surface area contributed by atoms with Crippen molar-refractivity contribution < 1.29 is 38.6 Å². The molecule has 0 saturated carbocycles. The fraction of sp³-hybridized carbons (Fsp3) is 0.421. The Morgan fingerprint density at radius 3 is 2.39 bits per heavy atom. The zero-order valence-electron chi connectivity index (χ0n) is 29.0. The Morgan fingerprint density at radius 1 is 1.04 bits per heavy atom. The molecule has 0 aromatic heterocycles. The van der Waals surface area contributed by atoms with Crippen molar-refractivity contribution in [3.8, 4) is 0 Å². The smallest absolute Gasteiger partial charge is 0.304 e. The predicted molar refractivity (Wildman–Crippen MR) is 192 cm³/mol. The molecule has 3 amide bonds. The number of fused-ring (bicyclic) bond motifs is 3. The van der Waals surface area contributed by atoms with Gasteiger partial charge in [-0.25, -0.2) is 0 Å². The molecule has 2 saturated heterocycles. The van der Waals surface area contributed by atoms with Crippen LogP contribution in [-0.2, 0) is 53.8 Å². The summed E-state index contributed by atoms with van der Waals surface area (Å²) in [6.07, 6.45) is -0.801. The lowest BCUT2D eigenvalue weighted by Crippen LogP contribution is -2.54. The molecule has 3 aromatic carbocycles. The van der Waals surface area contributed by atoms with Crippen molar-refractivity contribution in [1.29, 1.82) is 0 Å². The van der Waals surface area contributed by atoms with Gasteiger partial charge in [0.1, 0.15) is 0 Å². The Morgan fingerprint density at radius 2 is 1.75 bits per heavy atom. The SMILES string of the molecule is CC(=O)OC1CC(=O)N1c1ccc(CN2C(=O)[C@@]3(O[C@@H](CC(=O)N4Cc5ccccc5C[C@H]4CO)[C@H]([Si](C)(C)O)[C@H]3C)c3cc(Cl)ccc32)cc1. The first kappa shape index (κ1) is 35.3. The highest BCUT2D eigenvalue weighted by Crippen LogP contribution is 2.60. The average Bonchev–Trinajstić information content (AvgIpc) is 3.50. The standard InChI is InChI=1S/C38H42ClN3O8Si/c1-22-36(51(3,4)48)32(17-33(45)40-20-26-8-6-5-7-25(26)15-29(40)21-43)50-38(22)30-16-27(39)11-14-31(30)41(37(38)47)19-24-9-12-28(13-10-24)42-34(46)18-35(42)49-23(2)44/h5-14,16,22,29,32,35-36,43,48H,15,17-21H2,1-4H3/t22-,29+,32+,35?,36-,38+/m1/s1. The van der Waals surface area contributed by atoms with E-state index in [0.717, 1.165) is 16.7 Å². The number of ether oxygens (including phenoxy) is 2. The average molecular weight is 732 g/mol. The summed E-state index contributed by atoms with van der Waals surface area (Å²) in [6, 6.07) is 19.9. The third kappa shape index (κ3) is 6.06. The minimum Gasteiger partial charge on any atom is -0.441 e. The van der Waals surface area contributed by atoms with Gasteiger partial charge in [0.15, 0.2) is 20.1 Å². The molecule has 0 radical (unpaired) electrons. The molecule has 11 nitrogen and oxygen atoms in total. The van der Waals surface area contributed by atoms with Crippen LogP contribution in [0.15, 0.2) is 66.7 Å². The zero-order chi connectivity index (χ0) is 36.4. The first-order chi connectivity index (χ1) is 24.2. The van der Waals surface area contributed by atoms with Crippen LogP contribution in [0.5, 0.6) is 0 Å². The number of hydrogen-bond donors (Lipinski definition) is 2. The number of β-lactam (4-membered cyclic amide) rings is 1. The lowest BCUT2D eigenvalue weighted by Gasteiger charge is -2.39. The van der Waals surface area contributed by atoms with Crippen LogP contribution in [0.2, 0.25) is 23.7 Å². The van der Waals surface area contributed by atoms with E-state index >= 15 is 0 Å². The van der Waals surface area contributed by atoms with Crippen LogP contribution in [0.4, 0.5) is 11.4 Å². The van der Waals surface area contributed by atoms with E-state index < -0.39 is 43.7 Å². The van der Waals surface area contributed by atoms with Gasteiger partial charge >= 0.3 is 5.97 Å². The van der Waals surface area contributed by atoms with Gasteiger partial charge in [-0.3, -0.25) is 24.1 Å². The van der Waals surface area contributed by atoms with E-state index in [0.29, 0.717) is 34.9 Å². The molecule has 0 bridgehead atoms. The maximum atomic E-state index is 14.8. The lowest BCUT2D eigenvalue weighted by molar-refractivity contribution is -0.154. The van der Waals surface area contributed by atoms with Crippen molar-refractivity contribution in [2.75, 3.05) is 16.4 Å². The number of nitrogens with zero attached hydrogens (tertiary/aromatic N) is 3. The molecular formula is C38H42ClN3O8Si. The molecule has 2 N–H and O–H groups in total. The van der Waals surface area contributed by atoms with Crippen LogP contribution in [0.1, 0.15) is 48.9 Å². The minimum atomic E-state index is -3.05. The number of carbonyl (C=O) groups is 4. The third-order valence-electron chi connectivity index (χ3n) is 11.0. The van der Waals surface area contributed by atoms with Crippen LogP contribution in [-0.4, -0.2) is 71.8 Å². The molecule has 1 spiro atoms.